The van der Waals surface area contributed by atoms with E-state index >= 15 is 0 Å². The van der Waals surface area contributed by atoms with Gasteiger partial charge in [-0.05, 0) is 54.9 Å². The molecule has 4 heteroatoms. The second kappa shape index (κ2) is 5.88. The topological polar surface area (TPSA) is 63.6 Å². The smallest absolute Gasteiger partial charge is 0.338 e. The van der Waals surface area contributed by atoms with Crippen LogP contribution < -0.4 is 0 Å². The lowest BCUT2D eigenvalue weighted by molar-refractivity contribution is -0.00717. The van der Waals surface area contributed by atoms with E-state index in [1.165, 1.54) is 24.3 Å². The normalized spacial score (nSPS) is 24.3. The predicted molar refractivity (Wildman–Crippen MR) is 79.4 cm³/mol. The molecule has 1 aliphatic carbocycles. The Morgan fingerprint density at radius 3 is 2.24 bits per heavy atom. The van der Waals surface area contributed by atoms with E-state index in [0.717, 1.165) is 19.3 Å². The Balaban J connectivity index is 2.02. The van der Waals surface area contributed by atoms with Gasteiger partial charge in [-0.1, -0.05) is 20.8 Å². The van der Waals surface area contributed by atoms with E-state index in [4.69, 9.17) is 9.84 Å². The molecule has 4 nitrogen and oxygen atoms in total. The van der Waals surface area contributed by atoms with E-state index in [1.54, 1.807) is 0 Å². The van der Waals surface area contributed by atoms with Gasteiger partial charge in [0.05, 0.1) is 11.1 Å². The van der Waals surface area contributed by atoms with Gasteiger partial charge < -0.3 is 9.84 Å². The molecule has 0 amide bonds. The first-order valence-electron chi connectivity index (χ1n) is 7.31. The van der Waals surface area contributed by atoms with Crippen LogP contribution in [0, 0.1) is 11.3 Å². The molecule has 1 aromatic carbocycles. The molecule has 2 atom stereocenters. The quantitative estimate of drug-likeness (QED) is 0.861. The first-order valence-corrected chi connectivity index (χ1v) is 7.31. The molecule has 0 spiro atoms. The standard InChI is InChI=1S/C17H22O4/c1-11-8-14(10-17(2,3)9-11)21-16(20)13-6-4-12(5-7-13)15(18)19/h4-7,11,14H,8-10H2,1-3H3,(H,18,19). The van der Waals surface area contributed by atoms with Gasteiger partial charge >= 0.3 is 11.9 Å². The third kappa shape index (κ3) is 4.06. The molecule has 2 unspecified atom stereocenters. The fourth-order valence-electron chi connectivity index (χ4n) is 3.32. The molecule has 0 aromatic heterocycles. The zero-order chi connectivity index (χ0) is 15.6. The van der Waals surface area contributed by atoms with Gasteiger partial charge in [-0.2, -0.15) is 0 Å². The number of benzene rings is 1. The monoisotopic (exact) mass is 290 g/mol. The minimum absolute atomic E-state index is 0.0598. The number of aromatic carboxylic acids is 1. The highest BCUT2D eigenvalue weighted by Gasteiger charge is 2.34. The Morgan fingerprint density at radius 2 is 1.71 bits per heavy atom. The maximum absolute atomic E-state index is 12.1. The van der Waals surface area contributed by atoms with E-state index in [-0.39, 0.29) is 23.1 Å². The van der Waals surface area contributed by atoms with Crippen molar-refractivity contribution in [2.24, 2.45) is 11.3 Å². The molecular formula is C17H22O4. The van der Waals surface area contributed by atoms with Crippen molar-refractivity contribution < 1.29 is 19.4 Å². The fourth-order valence-corrected chi connectivity index (χ4v) is 3.32. The maximum Gasteiger partial charge on any atom is 0.338 e. The van der Waals surface area contributed by atoms with Gasteiger partial charge in [0.25, 0.3) is 0 Å². The Hall–Kier alpha value is -1.84. The molecule has 1 saturated carbocycles. The maximum atomic E-state index is 12.1. The lowest BCUT2D eigenvalue weighted by Gasteiger charge is -2.38. The number of carbonyl (C=O) groups excluding carboxylic acids is 1. The van der Waals surface area contributed by atoms with Gasteiger partial charge in [0, 0.05) is 0 Å². The third-order valence-electron chi connectivity index (χ3n) is 3.99. The van der Waals surface area contributed by atoms with Crippen molar-refractivity contribution >= 4 is 11.9 Å². The number of hydrogen-bond donors (Lipinski definition) is 1. The first-order chi connectivity index (χ1) is 9.77. The summed E-state index contributed by atoms with van der Waals surface area (Å²) in [6, 6.07) is 5.85. The van der Waals surface area contributed by atoms with E-state index < -0.39 is 5.97 Å². The minimum Gasteiger partial charge on any atom is -0.478 e. The van der Waals surface area contributed by atoms with E-state index in [0.29, 0.717) is 11.5 Å². The van der Waals surface area contributed by atoms with Crippen LogP contribution in [0.2, 0.25) is 0 Å². The van der Waals surface area contributed by atoms with Crippen molar-refractivity contribution in [3.63, 3.8) is 0 Å². The van der Waals surface area contributed by atoms with Crippen LogP contribution in [0.25, 0.3) is 0 Å². The molecule has 0 radical (unpaired) electrons. The Labute approximate surface area is 125 Å². The van der Waals surface area contributed by atoms with Gasteiger partial charge in [-0.15, -0.1) is 0 Å². The predicted octanol–water partition coefficient (Wildman–Crippen LogP) is 3.76. The van der Waals surface area contributed by atoms with Gasteiger partial charge in [0.1, 0.15) is 6.10 Å². The molecule has 0 heterocycles. The molecule has 0 saturated heterocycles. The highest BCUT2D eigenvalue weighted by Crippen LogP contribution is 2.39. The molecule has 0 bridgehead atoms. The van der Waals surface area contributed by atoms with Crippen molar-refractivity contribution in [2.45, 2.75) is 46.1 Å². The van der Waals surface area contributed by atoms with E-state index in [2.05, 4.69) is 20.8 Å². The zero-order valence-corrected chi connectivity index (χ0v) is 12.8. The van der Waals surface area contributed by atoms with Crippen LogP contribution in [-0.2, 0) is 4.74 Å². The number of rotatable bonds is 3. The van der Waals surface area contributed by atoms with Gasteiger partial charge in [0.2, 0.25) is 0 Å². The average Bonchev–Trinajstić information content (AvgIpc) is 2.36. The summed E-state index contributed by atoms with van der Waals surface area (Å²) in [5.74, 6) is -0.833. The summed E-state index contributed by atoms with van der Waals surface area (Å²) in [7, 11) is 0. The fraction of sp³-hybridized carbons (Fsp3) is 0.529. The number of carbonyl (C=O) groups is 2. The molecular weight excluding hydrogens is 268 g/mol. The number of carboxylic acid groups (broad SMARTS) is 1. The van der Waals surface area contributed by atoms with Gasteiger partial charge in [-0.25, -0.2) is 9.59 Å². The van der Waals surface area contributed by atoms with Crippen LogP contribution in [0.5, 0.6) is 0 Å². The number of carboxylic acids is 1. The minimum atomic E-state index is -1.00. The van der Waals surface area contributed by atoms with Crippen molar-refractivity contribution in [1.29, 1.82) is 0 Å². The van der Waals surface area contributed by atoms with Crippen LogP contribution in [0.3, 0.4) is 0 Å². The molecule has 1 aliphatic rings. The van der Waals surface area contributed by atoms with Crippen LogP contribution in [-0.4, -0.2) is 23.1 Å². The molecule has 1 N–H and O–H groups in total. The summed E-state index contributed by atoms with van der Waals surface area (Å²) >= 11 is 0. The van der Waals surface area contributed by atoms with E-state index in [9.17, 15) is 9.59 Å². The SMILES string of the molecule is CC1CC(OC(=O)c2ccc(C(=O)O)cc2)CC(C)(C)C1. The van der Waals surface area contributed by atoms with Gasteiger partial charge in [-0.3, -0.25) is 0 Å². The van der Waals surface area contributed by atoms with Crippen molar-refractivity contribution in [3.05, 3.63) is 35.4 Å². The van der Waals surface area contributed by atoms with Crippen molar-refractivity contribution in [1.82, 2.24) is 0 Å². The molecule has 114 valence electrons. The van der Waals surface area contributed by atoms with Gasteiger partial charge in [0.15, 0.2) is 0 Å². The van der Waals surface area contributed by atoms with Crippen LogP contribution >= 0.6 is 0 Å². The number of ether oxygens (including phenoxy) is 1. The second-order valence-corrected chi connectivity index (χ2v) is 6.82. The highest BCUT2D eigenvalue weighted by atomic mass is 16.5. The van der Waals surface area contributed by atoms with Crippen LogP contribution in [0.1, 0.15) is 60.7 Å². The van der Waals surface area contributed by atoms with E-state index in [1.807, 2.05) is 0 Å². The Morgan fingerprint density at radius 1 is 1.14 bits per heavy atom. The summed E-state index contributed by atoms with van der Waals surface area (Å²) in [5, 5.41) is 8.85. The summed E-state index contributed by atoms with van der Waals surface area (Å²) in [6.07, 6.45) is 2.85. The number of esters is 1. The molecule has 2 rings (SSSR count). The lowest BCUT2D eigenvalue weighted by atomic mass is 9.71. The van der Waals surface area contributed by atoms with Crippen molar-refractivity contribution in [3.8, 4) is 0 Å². The Kier molecular flexibility index (Phi) is 4.35. The highest BCUT2D eigenvalue weighted by molar-refractivity contribution is 5.92. The summed E-state index contributed by atoms with van der Waals surface area (Å²) in [4.78, 5) is 22.9. The zero-order valence-electron chi connectivity index (χ0n) is 12.8. The first kappa shape index (κ1) is 15.5. The lowest BCUT2D eigenvalue weighted by Crippen LogP contribution is -2.33. The molecule has 1 aromatic rings. The summed E-state index contributed by atoms with van der Waals surface area (Å²) < 4.78 is 5.60. The van der Waals surface area contributed by atoms with Crippen LogP contribution in [0.15, 0.2) is 24.3 Å². The van der Waals surface area contributed by atoms with Crippen molar-refractivity contribution in [2.75, 3.05) is 0 Å². The largest absolute Gasteiger partial charge is 0.478 e. The van der Waals surface area contributed by atoms with Crippen LogP contribution in [0.4, 0.5) is 0 Å². The third-order valence-corrected chi connectivity index (χ3v) is 3.99. The molecule has 0 aliphatic heterocycles. The second-order valence-electron chi connectivity index (χ2n) is 6.82. The summed E-state index contributed by atoms with van der Waals surface area (Å²) in [5.41, 5.74) is 0.755. The summed E-state index contributed by atoms with van der Waals surface area (Å²) in [6.45, 7) is 6.58. The molecule has 21 heavy (non-hydrogen) atoms. The number of hydrogen-bond acceptors (Lipinski definition) is 3. The Bertz CT molecular complexity index is 530. The molecule has 1 fully saturated rings. The average molecular weight is 290 g/mol.